The van der Waals surface area contributed by atoms with Crippen LogP contribution < -0.4 is 0 Å². The molecule has 48 heavy (non-hydrogen) atoms. The van der Waals surface area contributed by atoms with E-state index in [4.69, 9.17) is 4.74 Å². The molecule has 3 fully saturated rings. The van der Waals surface area contributed by atoms with Crippen molar-refractivity contribution in [3.05, 3.63) is 88.3 Å². The number of piperidine rings is 3. The standard InChI is InChI=1S/C40H44N4O4/c1-4-22-19-43-30-18-26(22)40(21-45,38(47)48-3)32(43)17-25-33-28(41-35(25)30)11-12-31(46)34(33)27-20-44-29-10-7-6-9-23(29)24-13-16-42-15-8-14-39(27,5-2)37(42)36(24)44/h4,6-12,14,26-27,30,32,37,41,45-46H,5,13,15-21H2,1-3H3/b22-4-/t26-,27+,30-,32-,37-,39+,40-/m0/s1. The van der Waals surface area contributed by atoms with Crippen LogP contribution in [-0.4, -0.2) is 74.9 Å². The van der Waals surface area contributed by atoms with Crippen LogP contribution in [0.25, 0.3) is 21.8 Å². The molecule has 8 atom stereocenters. The highest BCUT2D eigenvalue weighted by Gasteiger charge is 2.65. The predicted octanol–water partition coefficient (Wildman–Crippen LogP) is 5.89. The van der Waals surface area contributed by atoms with Gasteiger partial charge in [0.15, 0.2) is 0 Å². The number of nitrogens with zero attached hydrogens (tertiary/aromatic N) is 3. The van der Waals surface area contributed by atoms with Crippen LogP contribution in [0.3, 0.4) is 0 Å². The summed E-state index contributed by atoms with van der Waals surface area (Å²) in [7, 11) is 1.45. The summed E-state index contributed by atoms with van der Waals surface area (Å²) in [6, 6.07) is 13.0. The number of hydrogen-bond donors (Lipinski definition) is 3. The number of benzene rings is 2. The van der Waals surface area contributed by atoms with Crippen molar-refractivity contribution in [3.63, 3.8) is 0 Å². The van der Waals surface area contributed by atoms with Crippen molar-refractivity contribution in [2.45, 2.75) is 70.1 Å². The number of aromatic nitrogens is 2. The van der Waals surface area contributed by atoms with E-state index in [1.165, 1.54) is 46.1 Å². The van der Waals surface area contributed by atoms with Gasteiger partial charge >= 0.3 is 5.97 Å². The number of phenols is 1. The summed E-state index contributed by atoms with van der Waals surface area (Å²) >= 11 is 0. The molecule has 3 N–H and O–H groups in total. The normalized spacial score (nSPS) is 35.3. The minimum atomic E-state index is -1.02. The lowest BCUT2D eigenvalue weighted by Gasteiger charge is -2.62. The topological polar surface area (TPSA) is 94.0 Å². The highest BCUT2D eigenvalue weighted by atomic mass is 16.5. The second-order valence-corrected chi connectivity index (χ2v) is 15.2. The van der Waals surface area contributed by atoms with Crippen LogP contribution in [0.2, 0.25) is 0 Å². The van der Waals surface area contributed by atoms with E-state index in [1.54, 1.807) is 0 Å². The smallest absolute Gasteiger partial charge is 0.316 e. The monoisotopic (exact) mass is 644 g/mol. The third-order valence-electron chi connectivity index (χ3n) is 14.0. The molecule has 0 aliphatic carbocycles. The molecule has 8 nitrogen and oxygen atoms in total. The molecular formula is C40H44N4O4. The average molecular weight is 645 g/mol. The van der Waals surface area contributed by atoms with Crippen LogP contribution in [0.5, 0.6) is 5.75 Å². The number of para-hydroxylation sites is 1. The molecule has 4 bridgehead atoms. The molecule has 7 aliphatic heterocycles. The Morgan fingerprint density at radius 2 is 2.02 bits per heavy atom. The van der Waals surface area contributed by atoms with Gasteiger partial charge in [-0.15, -0.1) is 0 Å². The lowest BCUT2D eigenvalue weighted by Crippen LogP contribution is -2.69. The average Bonchev–Trinajstić information content (AvgIpc) is 3.66. The van der Waals surface area contributed by atoms with E-state index < -0.39 is 5.41 Å². The zero-order chi connectivity index (χ0) is 32.7. The summed E-state index contributed by atoms with van der Waals surface area (Å²) < 4.78 is 8.06. The van der Waals surface area contributed by atoms with Crippen molar-refractivity contribution in [1.82, 2.24) is 19.4 Å². The molecule has 3 saturated heterocycles. The zero-order valence-corrected chi connectivity index (χ0v) is 28.0. The number of allylic oxidation sites excluding steroid dienone is 1. The lowest BCUT2D eigenvalue weighted by atomic mass is 9.55. The number of aliphatic hydroxyl groups is 1. The number of carbonyl (C=O) groups is 1. The summed E-state index contributed by atoms with van der Waals surface area (Å²) in [5.41, 5.74) is 8.73. The van der Waals surface area contributed by atoms with Crippen molar-refractivity contribution < 1.29 is 19.7 Å². The lowest BCUT2D eigenvalue weighted by molar-refractivity contribution is -0.183. The number of ether oxygens (including phenoxy) is 1. The minimum absolute atomic E-state index is 0.0285. The van der Waals surface area contributed by atoms with Gasteiger partial charge in [0.05, 0.1) is 25.8 Å². The van der Waals surface area contributed by atoms with Crippen molar-refractivity contribution in [2.75, 3.05) is 33.4 Å². The summed E-state index contributed by atoms with van der Waals surface area (Å²) in [5, 5.41) is 25.7. The van der Waals surface area contributed by atoms with Gasteiger partial charge < -0.3 is 24.5 Å². The Balaban J connectivity index is 1.22. The Morgan fingerprint density at radius 3 is 2.81 bits per heavy atom. The molecule has 248 valence electrons. The molecule has 8 heteroatoms. The van der Waals surface area contributed by atoms with Gasteiger partial charge in [0.1, 0.15) is 11.2 Å². The van der Waals surface area contributed by atoms with Gasteiger partial charge in [0.25, 0.3) is 0 Å². The maximum atomic E-state index is 13.8. The fourth-order valence-electron chi connectivity index (χ4n) is 12.0. The Hall–Kier alpha value is -3.85. The Bertz CT molecular complexity index is 2110. The first-order valence-corrected chi connectivity index (χ1v) is 17.9. The van der Waals surface area contributed by atoms with Crippen molar-refractivity contribution in [2.24, 2.45) is 16.7 Å². The number of methoxy groups -OCH3 is 1. The van der Waals surface area contributed by atoms with Gasteiger partial charge in [-0.2, -0.15) is 0 Å². The van der Waals surface area contributed by atoms with Crippen molar-refractivity contribution in [1.29, 1.82) is 0 Å². The first-order valence-electron chi connectivity index (χ1n) is 17.9. The molecule has 9 heterocycles. The largest absolute Gasteiger partial charge is 0.508 e. The van der Waals surface area contributed by atoms with Crippen LogP contribution >= 0.6 is 0 Å². The van der Waals surface area contributed by atoms with Crippen LogP contribution in [0.1, 0.15) is 72.8 Å². The third kappa shape index (κ3) is 3.25. The molecule has 7 aliphatic rings. The Morgan fingerprint density at radius 1 is 1.17 bits per heavy atom. The van der Waals surface area contributed by atoms with E-state index in [9.17, 15) is 15.0 Å². The number of aromatic hydroxyl groups is 1. The fraction of sp³-hybridized carbons (Fsp3) is 0.475. The maximum Gasteiger partial charge on any atom is 0.316 e. The zero-order valence-electron chi connectivity index (χ0n) is 28.0. The van der Waals surface area contributed by atoms with Gasteiger partial charge in [-0.05, 0) is 61.9 Å². The van der Waals surface area contributed by atoms with E-state index >= 15 is 0 Å². The van der Waals surface area contributed by atoms with Crippen molar-refractivity contribution >= 4 is 27.8 Å². The highest BCUT2D eigenvalue weighted by molar-refractivity contribution is 5.92. The van der Waals surface area contributed by atoms with Gasteiger partial charge in [-0.3, -0.25) is 14.6 Å². The number of aliphatic hydroxyl groups excluding tert-OH is 1. The fourth-order valence-corrected chi connectivity index (χ4v) is 12.0. The van der Waals surface area contributed by atoms with E-state index in [0.717, 1.165) is 61.9 Å². The van der Waals surface area contributed by atoms with Crippen LogP contribution in [0.15, 0.2) is 60.2 Å². The van der Waals surface area contributed by atoms with E-state index in [-0.39, 0.29) is 48.0 Å². The molecule has 0 saturated carbocycles. The summed E-state index contributed by atoms with van der Waals surface area (Å²) in [6.45, 7) is 7.68. The molecule has 0 spiro atoms. The van der Waals surface area contributed by atoms with Gasteiger partial charge in [0.2, 0.25) is 0 Å². The van der Waals surface area contributed by atoms with Crippen LogP contribution in [-0.2, 0) is 28.9 Å². The number of aromatic amines is 1. The Kier molecular flexibility index (Phi) is 5.98. The number of fused-ring (bicyclic) bond motifs is 7. The highest BCUT2D eigenvalue weighted by Crippen LogP contribution is 2.64. The van der Waals surface area contributed by atoms with Gasteiger partial charge in [-0.1, -0.05) is 48.9 Å². The molecular weight excluding hydrogens is 600 g/mol. The Labute approximate surface area is 280 Å². The third-order valence-corrected chi connectivity index (χ3v) is 14.0. The molecule has 4 aromatic rings. The first kappa shape index (κ1) is 29.1. The summed E-state index contributed by atoms with van der Waals surface area (Å²) in [5.74, 6) is -0.0217. The molecule has 1 unspecified atom stereocenters. The number of rotatable bonds is 4. The molecule has 0 amide bonds. The van der Waals surface area contributed by atoms with Gasteiger partial charge in [-0.25, -0.2) is 0 Å². The molecule has 2 aromatic heterocycles. The van der Waals surface area contributed by atoms with E-state index in [0.29, 0.717) is 12.2 Å². The predicted molar refractivity (Wildman–Crippen MR) is 185 cm³/mol. The summed E-state index contributed by atoms with van der Waals surface area (Å²) in [4.78, 5) is 22.7. The molecule has 2 aromatic carbocycles. The number of H-pyrrole nitrogens is 1. The number of esters is 1. The first-order chi connectivity index (χ1) is 23.4. The number of phenolic OH excluding ortho intramolecular Hbond substituents is 1. The second-order valence-electron chi connectivity index (χ2n) is 15.2. The van der Waals surface area contributed by atoms with E-state index in [1.807, 2.05) is 19.1 Å². The SMILES string of the molecule is C/C=C1/CN2[C@H]3Cc4c([nH]c5ccc(O)c([C@H]6Cn7c8c(c9ccccc97)CCN7CC=C[C@@]6(CC)[C@H]87)c45)[C@@H]2C[C@@H]1[C@]3(CO)C(=O)OC. The van der Waals surface area contributed by atoms with Gasteiger partial charge in [0, 0.05) is 88.2 Å². The van der Waals surface area contributed by atoms with Crippen LogP contribution in [0.4, 0.5) is 0 Å². The van der Waals surface area contributed by atoms with E-state index in [2.05, 4.69) is 68.8 Å². The minimum Gasteiger partial charge on any atom is -0.508 e. The molecule has 0 radical (unpaired) electrons. The quantitative estimate of drug-likeness (QED) is 0.190. The van der Waals surface area contributed by atoms with Crippen molar-refractivity contribution in [3.8, 4) is 5.75 Å². The number of carbonyl (C=O) groups excluding carboxylic acids is 1. The number of nitrogens with one attached hydrogen (secondary N) is 1. The maximum absolute atomic E-state index is 13.8. The number of hydrogen-bond acceptors (Lipinski definition) is 6. The summed E-state index contributed by atoms with van der Waals surface area (Å²) in [6.07, 6.45) is 10.4. The van der Waals surface area contributed by atoms with Crippen LogP contribution in [0, 0.1) is 16.7 Å². The molecule has 11 rings (SSSR count). The second kappa shape index (κ2) is 9.87.